The monoisotopic (exact) mass is 489 g/mol. The molecule has 0 saturated heterocycles. The molecule has 0 heterocycles. The van der Waals surface area contributed by atoms with Gasteiger partial charge in [0.05, 0.1) is 0 Å². The Hall–Kier alpha value is -1.35. The normalized spacial score (nSPS) is 12.6. The van der Waals surface area contributed by atoms with Crippen LogP contribution in [0.3, 0.4) is 0 Å². The third-order valence-corrected chi connectivity index (χ3v) is 8.08. The van der Waals surface area contributed by atoms with Gasteiger partial charge in [0, 0.05) is 18.4 Å². The van der Waals surface area contributed by atoms with Gasteiger partial charge in [-0.05, 0) is 52.6 Å². The zero-order chi connectivity index (χ0) is 24.5. The Morgan fingerprint density at radius 1 is 0.667 bits per heavy atom. The summed E-state index contributed by atoms with van der Waals surface area (Å²) in [7, 11) is 0. The molecule has 0 aliphatic carbocycles. The first-order valence-electron chi connectivity index (χ1n) is 12.4. The van der Waals surface area contributed by atoms with Crippen LogP contribution in [0, 0.1) is 0 Å². The number of rotatable bonds is 12. The van der Waals surface area contributed by atoms with Gasteiger partial charge in [-0.3, -0.25) is 0 Å². The topological polar surface area (TPSA) is 30.5 Å². The number of benzene rings is 2. The van der Waals surface area contributed by atoms with Crippen LogP contribution in [0.5, 0.6) is 11.5 Å². The molecule has 0 amide bonds. The van der Waals surface area contributed by atoms with Crippen molar-refractivity contribution < 1.29 is 9.05 Å². The molecule has 2 aromatic carbocycles. The molecule has 1 N–H and O–H groups in total. The van der Waals surface area contributed by atoms with Crippen molar-refractivity contribution in [2.45, 2.75) is 97.8 Å². The Balaban J connectivity index is 2.10. The van der Waals surface area contributed by atoms with Crippen molar-refractivity contribution in [3.63, 3.8) is 0 Å². The van der Waals surface area contributed by atoms with Crippen LogP contribution < -0.4 is 14.1 Å². The van der Waals surface area contributed by atoms with Crippen LogP contribution >= 0.6 is 6.64 Å². The number of hydrogen-bond acceptors (Lipinski definition) is 3. The van der Waals surface area contributed by atoms with Gasteiger partial charge in [0.1, 0.15) is 11.5 Å². The van der Waals surface area contributed by atoms with E-state index in [-0.39, 0.29) is 10.8 Å². The molecule has 0 spiro atoms. The van der Waals surface area contributed by atoms with Crippen LogP contribution in [-0.4, -0.2) is 6.54 Å². The Bertz CT molecular complexity index is 817. The van der Waals surface area contributed by atoms with Gasteiger partial charge >= 0.3 is 6.64 Å². The first-order valence-corrected chi connectivity index (χ1v) is 15.0. The molecule has 0 atom stereocenters. The van der Waals surface area contributed by atoms with Crippen molar-refractivity contribution in [3.8, 4) is 11.5 Å². The van der Waals surface area contributed by atoms with Gasteiger partial charge < -0.3 is 9.05 Å². The van der Waals surface area contributed by atoms with E-state index >= 15 is 0 Å². The van der Waals surface area contributed by atoms with Crippen LogP contribution in [-0.2, 0) is 22.6 Å². The molecule has 2 rings (SSSR count). The highest BCUT2D eigenvalue weighted by atomic mass is 32.5. The average molecular weight is 490 g/mol. The highest BCUT2D eigenvalue weighted by molar-refractivity contribution is 8.09. The fraction of sp³-hybridized carbons (Fsp3) is 0.571. The van der Waals surface area contributed by atoms with E-state index in [4.69, 9.17) is 20.9 Å². The van der Waals surface area contributed by atoms with E-state index in [9.17, 15) is 0 Å². The Kier molecular flexibility index (Phi) is 10.5. The minimum atomic E-state index is -2.75. The fourth-order valence-corrected chi connectivity index (χ4v) is 5.70. The van der Waals surface area contributed by atoms with Crippen LogP contribution in [0.25, 0.3) is 0 Å². The molecule has 0 fully saturated rings. The lowest BCUT2D eigenvalue weighted by Crippen LogP contribution is -2.20. The maximum atomic E-state index is 6.31. The standard InChI is InChI=1S/C28H44NO2PS/c1-8-9-10-11-12-13-22-29-32(33,30-25-18-14-23(15-19-25)27(2,3)4)31-26-20-16-24(17-21-26)28(5,6)7/h14-21H,8-13,22H2,1-7H3,(H,29,33). The van der Waals surface area contributed by atoms with Gasteiger partial charge in [0.2, 0.25) is 0 Å². The molecule has 33 heavy (non-hydrogen) atoms. The minimum absolute atomic E-state index is 0.0973. The lowest BCUT2D eigenvalue weighted by atomic mass is 9.87. The third-order valence-electron chi connectivity index (χ3n) is 5.73. The molecule has 0 aliphatic heterocycles. The van der Waals surface area contributed by atoms with Crippen molar-refractivity contribution in [3.05, 3.63) is 59.7 Å². The lowest BCUT2D eigenvalue weighted by molar-refractivity contribution is 0.465. The second kappa shape index (κ2) is 12.4. The zero-order valence-electron chi connectivity index (χ0n) is 21.7. The molecule has 2 aromatic rings. The molecule has 0 saturated carbocycles. The van der Waals surface area contributed by atoms with Crippen LogP contribution in [0.4, 0.5) is 0 Å². The van der Waals surface area contributed by atoms with Crippen molar-refractivity contribution in [1.82, 2.24) is 5.09 Å². The Labute approximate surface area is 207 Å². The van der Waals surface area contributed by atoms with Crippen molar-refractivity contribution >= 4 is 18.4 Å². The van der Waals surface area contributed by atoms with E-state index in [1.165, 1.54) is 43.2 Å². The molecule has 0 radical (unpaired) electrons. The van der Waals surface area contributed by atoms with Crippen molar-refractivity contribution in [1.29, 1.82) is 0 Å². The van der Waals surface area contributed by atoms with Gasteiger partial charge in [-0.2, -0.15) is 0 Å². The quantitative estimate of drug-likeness (QED) is 0.238. The van der Waals surface area contributed by atoms with Crippen molar-refractivity contribution in [2.75, 3.05) is 6.54 Å². The highest BCUT2D eigenvalue weighted by Crippen LogP contribution is 2.45. The summed E-state index contributed by atoms with van der Waals surface area (Å²) < 4.78 is 12.6. The molecule has 184 valence electrons. The molecule has 0 unspecified atom stereocenters. The molecule has 3 nitrogen and oxygen atoms in total. The first-order chi connectivity index (χ1) is 15.4. The van der Waals surface area contributed by atoms with E-state index in [0.29, 0.717) is 0 Å². The van der Waals surface area contributed by atoms with Crippen LogP contribution in [0.15, 0.2) is 48.5 Å². The summed E-state index contributed by atoms with van der Waals surface area (Å²) in [4.78, 5) is 0. The number of nitrogens with one attached hydrogen (secondary N) is 1. The summed E-state index contributed by atoms with van der Waals surface area (Å²) in [6.45, 7) is 13.5. The van der Waals surface area contributed by atoms with E-state index < -0.39 is 6.64 Å². The Morgan fingerprint density at radius 2 is 1.06 bits per heavy atom. The van der Waals surface area contributed by atoms with Crippen LogP contribution in [0.1, 0.15) is 98.1 Å². The smallest absolute Gasteiger partial charge is 0.365 e. The number of hydrogen-bond donors (Lipinski definition) is 1. The zero-order valence-corrected chi connectivity index (χ0v) is 23.5. The Morgan fingerprint density at radius 3 is 1.45 bits per heavy atom. The largest absolute Gasteiger partial charge is 0.425 e. The summed E-state index contributed by atoms with van der Waals surface area (Å²) in [5.74, 6) is 1.49. The van der Waals surface area contributed by atoms with Gasteiger partial charge in [-0.15, -0.1) is 0 Å². The second-order valence-electron chi connectivity index (χ2n) is 10.9. The van der Waals surface area contributed by atoms with Crippen LogP contribution in [0.2, 0.25) is 0 Å². The van der Waals surface area contributed by atoms with E-state index in [1.807, 2.05) is 24.3 Å². The van der Waals surface area contributed by atoms with Gasteiger partial charge in [0.15, 0.2) is 0 Å². The minimum Gasteiger partial charge on any atom is -0.425 e. The predicted octanol–water partition coefficient (Wildman–Crippen LogP) is 8.91. The van der Waals surface area contributed by atoms with E-state index in [2.05, 4.69) is 77.8 Å². The predicted molar refractivity (Wildman–Crippen MR) is 147 cm³/mol. The third kappa shape index (κ3) is 9.81. The van der Waals surface area contributed by atoms with E-state index in [1.54, 1.807) is 0 Å². The number of unbranched alkanes of at least 4 members (excludes halogenated alkanes) is 5. The van der Waals surface area contributed by atoms with Gasteiger partial charge in [0.25, 0.3) is 0 Å². The lowest BCUT2D eigenvalue weighted by Gasteiger charge is -2.26. The molecule has 0 aliphatic rings. The fourth-order valence-electron chi connectivity index (χ4n) is 3.51. The highest BCUT2D eigenvalue weighted by Gasteiger charge is 2.23. The molecular formula is C28H44NO2PS. The summed E-state index contributed by atoms with van der Waals surface area (Å²) >= 11 is 5.95. The summed E-state index contributed by atoms with van der Waals surface area (Å²) in [5.41, 5.74) is 2.73. The average Bonchev–Trinajstić information content (AvgIpc) is 2.72. The van der Waals surface area contributed by atoms with E-state index in [0.717, 1.165) is 24.5 Å². The molecular weight excluding hydrogens is 445 g/mol. The molecule has 0 bridgehead atoms. The van der Waals surface area contributed by atoms with Gasteiger partial charge in [-0.1, -0.05) is 105 Å². The SMILES string of the molecule is CCCCCCCCNP(=S)(Oc1ccc(C(C)(C)C)cc1)Oc1ccc(C(C)(C)C)cc1. The molecule has 5 heteroatoms. The summed E-state index contributed by atoms with van der Waals surface area (Å²) in [5, 5.41) is 3.46. The summed E-state index contributed by atoms with van der Waals surface area (Å²) in [6, 6.07) is 16.4. The van der Waals surface area contributed by atoms with Crippen molar-refractivity contribution in [2.24, 2.45) is 0 Å². The summed E-state index contributed by atoms with van der Waals surface area (Å²) in [6.07, 6.45) is 7.42. The maximum Gasteiger partial charge on any atom is 0.365 e. The van der Waals surface area contributed by atoms with Gasteiger partial charge in [-0.25, -0.2) is 5.09 Å². The maximum absolute atomic E-state index is 6.31. The second-order valence-corrected chi connectivity index (χ2v) is 14.0. The first kappa shape index (κ1) is 27.9. The molecule has 0 aromatic heterocycles.